The topological polar surface area (TPSA) is 52.3 Å². The number of carbonyl (C=O) groups is 1. The third-order valence-corrected chi connectivity index (χ3v) is 2.62. The van der Waals surface area contributed by atoms with Crippen LogP contribution in [0.4, 0.5) is 0 Å². The lowest BCUT2D eigenvalue weighted by atomic mass is 9.99. The summed E-state index contributed by atoms with van der Waals surface area (Å²) in [5.41, 5.74) is 6.13. The molecule has 0 saturated heterocycles. The van der Waals surface area contributed by atoms with Crippen LogP contribution in [0, 0.1) is 0 Å². The summed E-state index contributed by atoms with van der Waals surface area (Å²) in [6.07, 6.45) is 0. The van der Waals surface area contributed by atoms with Gasteiger partial charge in [-0.3, -0.25) is 4.79 Å². The SMILES string of the molecule is COC(=O)C(CN)c1ccc(Cl)cc1Cl. The van der Waals surface area contributed by atoms with E-state index in [1.807, 2.05) is 0 Å². The van der Waals surface area contributed by atoms with E-state index in [-0.39, 0.29) is 6.54 Å². The summed E-state index contributed by atoms with van der Waals surface area (Å²) in [7, 11) is 1.31. The zero-order valence-electron chi connectivity index (χ0n) is 8.17. The largest absolute Gasteiger partial charge is 0.469 e. The minimum atomic E-state index is -0.542. The van der Waals surface area contributed by atoms with Gasteiger partial charge in [0.1, 0.15) is 0 Å². The molecule has 0 aliphatic rings. The summed E-state index contributed by atoms with van der Waals surface area (Å²) >= 11 is 11.7. The molecular formula is C10H11Cl2NO2. The molecule has 1 aromatic rings. The second kappa shape index (κ2) is 5.35. The van der Waals surface area contributed by atoms with Crippen molar-refractivity contribution in [1.82, 2.24) is 0 Å². The number of carbonyl (C=O) groups excluding carboxylic acids is 1. The van der Waals surface area contributed by atoms with Crippen LogP contribution < -0.4 is 5.73 Å². The molecule has 0 aliphatic heterocycles. The quantitative estimate of drug-likeness (QED) is 0.834. The van der Waals surface area contributed by atoms with Crippen LogP contribution in [0.5, 0.6) is 0 Å². The van der Waals surface area contributed by atoms with Crippen LogP contribution >= 0.6 is 23.2 Å². The van der Waals surface area contributed by atoms with E-state index in [0.29, 0.717) is 15.6 Å². The normalized spacial score (nSPS) is 12.3. The van der Waals surface area contributed by atoms with Crippen molar-refractivity contribution in [2.24, 2.45) is 5.73 Å². The highest BCUT2D eigenvalue weighted by atomic mass is 35.5. The molecule has 0 saturated carbocycles. The van der Waals surface area contributed by atoms with Gasteiger partial charge in [0, 0.05) is 16.6 Å². The molecule has 0 fully saturated rings. The smallest absolute Gasteiger partial charge is 0.314 e. The van der Waals surface area contributed by atoms with E-state index in [1.165, 1.54) is 7.11 Å². The van der Waals surface area contributed by atoms with Crippen molar-refractivity contribution in [2.45, 2.75) is 5.92 Å². The molecule has 2 N–H and O–H groups in total. The minimum Gasteiger partial charge on any atom is -0.469 e. The van der Waals surface area contributed by atoms with E-state index in [1.54, 1.807) is 18.2 Å². The van der Waals surface area contributed by atoms with Crippen molar-refractivity contribution in [3.05, 3.63) is 33.8 Å². The third-order valence-electron chi connectivity index (χ3n) is 2.06. The molecule has 1 atom stereocenters. The molecule has 5 heteroatoms. The Morgan fingerprint density at radius 1 is 1.53 bits per heavy atom. The fourth-order valence-corrected chi connectivity index (χ4v) is 1.82. The zero-order valence-corrected chi connectivity index (χ0v) is 9.68. The lowest BCUT2D eigenvalue weighted by Gasteiger charge is -2.14. The van der Waals surface area contributed by atoms with Crippen LogP contribution in [0.15, 0.2) is 18.2 Å². The standard InChI is InChI=1S/C10H11Cl2NO2/c1-15-10(14)8(5-13)7-3-2-6(11)4-9(7)12/h2-4,8H,5,13H2,1H3. The number of hydrogen-bond acceptors (Lipinski definition) is 3. The second-order valence-electron chi connectivity index (χ2n) is 2.98. The molecule has 15 heavy (non-hydrogen) atoms. The Morgan fingerprint density at radius 2 is 2.20 bits per heavy atom. The van der Waals surface area contributed by atoms with Crippen molar-refractivity contribution in [2.75, 3.05) is 13.7 Å². The van der Waals surface area contributed by atoms with Crippen molar-refractivity contribution in [3.63, 3.8) is 0 Å². The molecule has 0 aliphatic carbocycles. The Labute approximate surface area is 98.1 Å². The summed E-state index contributed by atoms with van der Waals surface area (Å²) in [4.78, 5) is 11.4. The molecule has 3 nitrogen and oxygen atoms in total. The van der Waals surface area contributed by atoms with Crippen LogP contribution in [0.1, 0.15) is 11.5 Å². The molecule has 1 unspecified atom stereocenters. The summed E-state index contributed by atoms with van der Waals surface area (Å²) in [5.74, 6) is -0.943. The number of benzene rings is 1. The molecule has 0 aromatic heterocycles. The number of ether oxygens (including phenoxy) is 1. The van der Waals surface area contributed by atoms with Gasteiger partial charge in [-0.15, -0.1) is 0 Å². The highest BCUT2D eigenvalue weighted by Crippen LogP contribution is 2.27. The van der Waals surface area contributed by atoms with Crippen molar-refractivity contribution in [1.29, 1.82) is 0 Å². The van der Waals surface area contributed by atoms with Crippen LogP contribution in [-0.2, 0) is 9.53 Å². The first-order chi connectivity index (χ1) is 7.10. The van der Waals surface area contributed by atoms with Crippen LogP contribution in [0.25, 0.3) is 0 Å². The summed E-state index contributed by atoms with van der Waals surface area (Å²) in [6, 6.07) is 4.91. The summed E-state index contributed by atoms with van der Waals surface area (Å²) in [5, 5.41) is 0.938. The Kier molecular flexibility index (Phi) is 4.39. The van der Waals surface area contributed by atoms with Gasteiger partial charge in [-0.05, 0) is 17.7 Å². The maximum absolute atomic E-state index is 11.4. The minimum absolute atomic E-state index is 0.147. The summed E-state index contributed by atoms with van der Waals surface area (Å²) in [6.45, 7) is 0.147. The van der Waals surface area contributed by atoms with Gasteiger partial charge in [-0.25, -0.2) is 0 Å². The van der Waals surface area contributed by atoms with Gasteiger partial charge >= 0.3 is 5.97 Å². The number of rotatable bonds is 3. The Hall–Kier alpha value is -0.770. The molecule has 0 amide bonds. The maximum atomic E-state index is 11.4. The Bertz CT molecular complexity index is 368. The predicted molar refractivity (Wildman–Crippen MR) is 60.3 cm³/mol. The first kappa shape index (κ1) is 12.3. The van der Waals surface area contributed by atoms with E-state index in [0.717, 1.165) is 0 Å². The third kappa shape index (κ3) is 2.84. The van der Waals surface area contributed by atoms with Gasteiger partial charge in [-0.1, -0.05) is 29.3 Å². The second-order valence-corrected chi connectivity index (χ2v) is 3.82. The lowest BCUT2D eigenvalue weighted by molar-refractivity contribution is -0.142. The Balaban J connectivity index is 3.07. The molecule has 0 heterocycles. The van der Waals surface area contributed by atoms with Gasteiger partial charge in [0.15, 0.2) is 0 Å². The molecular weight excluding hydrogens is 237 g/mol. The fourth-order valence-electron chi connectivity index (χ4n) is 1.28. The molecule has 0 spiro atoms. The molecule has 0 radical (unpaired) electrons. The summed E-state index contributed by atoms with van der Waals surface area (Å²) < 4.78 is 4.63. The molecule has 1 aromatic carbocycles. The van der Waals surface area contributed by atoms with E-state index < -0.39 is 11.9 Å². The van der Waals surface area contributed by atoms with Crippen LogP contribution in [0.3, 0.4) is 0 Å². The van der Waals surface area contributed by atoms with Crippen molar-refractivity contribution in [3.8, 4) is 0 Å². The van der Waals surface area contributed by atoms with Crippen molar-refractivity contribution >= 4 is 29.2 Å². The number of hydrogen-bond donors (Lipinski definition) is 1. The van der Waals surface area contributed by atoms with E-state index >= 15 is 0 Å². The average Bonchev–Trinajstić information content (AvgIpc) is 2.21. The predicted octanol–water partition coefficient (Wildman–Crippen LogP) is 2.21. The number of methoxy groups -OCH3 is 1. The number of halogens is 2. The highest BCUT2D eigenvalue weighted by Gasteiger charge is 2.22. The molecule has 82 valence electrons. The number of nitrogens with two attached hydrogens (primary N) is 1. The molecule has 1 rings (SSSR count). The maximum Gasteiger partial charge on any atom is 0.314 e. The van der Waals surface area contributed by atoms with Gasteiger partial charge in [-0.2, -0.15) is 0 Å². The van der Waals surface area contributed by atoms with Crippen molar-refractivity contribution < 1.29 is 9.53 Å². The van der Waals surface area contributed by atoms with Gasteiger partial charge in [0.25, 0.3) is 0 Å². The van der Waals surface area contributed by atoms with Gasteiger partial charge in [0.05, 0.1) is 13.0 Å². The van der Waals surface area contributed by atoms with E-state index in [2.05, 4.69) is 4.74 Å². The lowest BCUT2D eigenvalue weighted by Crippen LogP contribution is -2.23. The molecule has 0 bridgehead atoms. The monoisotopic (exact) mass is 247 g/mol. The highest BCUT2D eigenvalue weighted by molar-refractivity contribution is 6.35. The first-order valence-corrected chi connectivity index (χ1v) is 5.08. The Morgan fingerprint density at radius 3 is 2.67 bits per heavy atom. The number of esters is 1. The zero-order chi connectivity index (χ0) is 11.4. The van der Waals surface area contributed by atoms with E-state index in [9.17, 15) is 4.79 Å². The van der Waals surface area contributed by atoms with Gasteiger partial charge in [0.2, 0.25) is 0 Å². The fraction of sp³-hybridized carbons (Fsp3) is 0.300. The van der Waals surface area contributed by atoms with E-state index in [4.69, 9.17) is 28.9 Å². The van der Waals surface area contributed by atoms with Gasteiger partial charge < -0.3 is 10.5 Å². The first-order valence-electron chi connectivity index (χ1n) is 4.33. The van der Waals surface area contributed by atoms with Crippen LogP contribution in [-0.4, -0.2) is 19.6 Å². The van der Waals surface area contributed by atoms with Crippen LogP contribution in [0.2, 0.25) is 10.0 Å². The average molecular weight is 248 g/mol.